The van der Waals surface area contributed by atoms with E-state index in [1.165, 1.54) is 18.2 Å². The van der Waals surface area contributed by atoms with Gasteiger partial charge in [0.1, 0.15) is 0 Å². The van der Waals surface area contributed by atoms with Crippen molar-refractivity contribution in [1.82, 2.24) is 9.62 Å². The number of hydrogen-bond donors (Lipinski definition) is 1. The molecule has 21 heavy (non-hydrogen) atoms. The van der Waals surface area contributed by atoms with Crippen molar-refractivity contribution in [2.75, 3.05) is 33.3 Å². The topological polar surface area (TPSA) is 102 Å². The van der Waals surface area contributed by atoms with Crippen LogP contribution >= 0.6 is 0 Å². The summed E-state index contributed by atoms with van der Waals surface area (Å²) < 4.78 is 32.2. The Morgan fingerprint density at radius 1 is 1.52 bits per heavy atom. The number of nitrogens with one attached hydrogen (secondary N) is 1. The van der Waals surface area contributed by atoms with Gasteiger partial charge in [-0.2, -0.15) is 0 Å². The molecule has 0 saturated carbocycles. The quantitative estimate of drug-likeness (QED) is 0.615. The number of non-ortho nitro benzene ring substituents is 1. The van der Waals surface area contributed by atoms with E-state index in [4.69, 9.17) is 4.74 Å². The molecule has 1 fully saturated rings. The molecule has 2 rings (SSSR count). The summed E-state index contributed by atoms with van der Waals surface area (Å²) in [6, 6.07) is 4.95. The number of sulfonamides is 1. The van der Waals surface area contributed by atoms with Crippen LogP contribution in [-0.4, -0.2) is 57.6 Å². The van der Waals surface area contributed by atoms with Gasteiger partial charge in [0.2, 0.25) is 10.0 Å². The molecule has 1 aliphatic heterocycles. The molecule has 1 aliphatic rings. The fraction of sp³-hybridized carbons (Fsp3) is 0.500. The lowest BCUT2D eigenvalue weighted by atomic mass is 10.3. The number of benzene rings is 1. The van der Waals surface area contributed by atoms with Gasteiger partial charge in [0.05, 0.1) is 22.5 Å². The Labute approximate surface area is 122 Å². The summed E-state index contributed by atoms with van der Waals surface area (Å²) in [6.45, 7) is 2.14. The molecule has 0 radical (unpaired) electrons. The van der Waals surface area contributed by atoms with Gasteiger partial charge < -0.3 is 9.64 Å². The normalized spacial score (nSPS) is 20.3. The maximum absolute atomic E-state index is 12.1. The summed E-state index contributed by atoms with van der Waals surface area (Å²) in [5.41, 5.74) is -0.258. The molecule has 1 unspecified atom stereocenters. The molecule has 0 bridgehead atoms. The Kier molecular flexibility index (Phi) is 4.88. The van der Waals surface area contributed by atoms with E-state index in [2.05, 4.69) is 9.62 Å². The highest BCUT2D eigenvalue weighted by Gasteiger charge is 2.22. The van der Waals surface area contributed by atoms with Crippen molar-refractivity contribution in [1.29, 1.82) is 0 Å². The van der Waals surface area contributed by atoms with E-state index in [1.54, 1.807) is 0 Å². The van der Waals surface area contributed by atoms with Crippen LogP contribution in [0.5, 0.6) is 0 Å². The lowest BCUT2D eigenvalue weighted by molar-refractivity contribution is -0.385. The number of ether oxygens (including phenoxy) is 1. The van der Waals surface area contributed by atoms with Crippen LogP contribution in [0, 0.1) is 10.1 Å². The summed E-state index contributed by atoms with van der Waals surface area (Å²) >= 11 is 0. The van der Waals surface area contributed by atoms with Crippen LogP contribution in [-0.2, 0) is 14.8 Å². The van der Waals surface area contributed by atoms with Crippen LogP contribution in [0.2, 0.25) is 0 Å². The maximum atomic E-state index is 12.1. The highest BCUT2D eigenvalue weighted by atomic mass is 32.2. The van der Waals surface area contributed by atoms with E-state index in [0.29, 0.717) is 13.2 Å². The molecule has 1 heterocycles. The van der Waals surface area contributed by atoms with E-state index in [-0.39, 0.29) is 23.2 Å². The predicted molar refractivity (Wildman–Crippen MR) is 75.5 cm³/mol. The molecule has 1 atom stereocenters. The third-order valence-electron chi connectivity index (χ3n) is 3.18. The van der Waals surface area contributed by atoms with Crippen LogP contribution in [0.3, 0.4) is 0 Å². The highest BCUT2D eigenvalue weighted by molar-refractivity contribution is 7.89. The van der Waals surface area contributed by atoms with Crippen LogP contribution in [0.1, 0.15) is 0 Å². The molecule has 1 saturated heterocycles. The van der Waals surface area contributed by atoms with Crippen molar-refractivity contribution >= 4 is 15.7 Å². The minimum Gasteiger partial charge on any atom is -0.374 e. The Balaban J connectivity index is 2.04. The molecule has 8 nitrogen and oxygen atoms in total. The van der Waals surface area contributed by atoms with Crippen molar-refractivity contribution < 1.29 is 18.1 Å². The van der Waals surface area contributed by atoms with Crippen LogP contribution < -0.4 is 4.72 Å². The fourth-order valence-corrected chi connectivity index (χ4v) is 3.15. The number of likely N-dealkylation sites (N-methyl/N-ethyl adjacent to an activating group) is 1. The molecule has 9 heteroatoms. The molecule has 0 aliphatic carbocycles. The van der Waals surface area contributed by atoms with Gasteiger partial charge >= 0.3 is 0 Å². The van der Waals surface area contributed by atoms with Gasteiger partial charge in [0.25, 0.3) is 5.69 Å². The first kappa shape index (κ1) is 15.8. The fourth-order valence-electron chi connectivity index (χ4n) is 2.04. The van der Waals surface area contributed by atoms with Gasteiger partial charge in [0.15, 0.2) is 0 Å². The van der Waals surface area contributed by atoms with Crippen LogP contribution in [0.25, 0.3) is 0 Å². The first-order valence-electron chi connectivity index (χ1n) is 6.43. The number of nitrogens with zero attached hydrogens (tertiary/aromatic N) is 2. The minimum absolute atomic E-state index is 0.124. The monoisotopic (exact) mass is 315 g/mol. The lowest BCUT2D eigenvalue weighted by Gasteiger charge is -2.30. The summed E-state index contributed by atoms with van der Waals surface area (Å²) in [5.74, 6) is 0. The summed E-state index contributed by atoms with van der Waals surface area (Å²) in [4.78, 5) is 12.0. The average Bonchev–Trinajstić information content (AvgIpc) is 2.45. The Morgan fingerprint density at radius 2 is 2.29 bits per heavy atom. The van der Waals surface area contributed by atoms with E-state index in [0.717, 1.165) is 12.6 Å². The number of nitro groups is 1. The second-order valence-electron chi connectivity index (χ2n) is 4.86. The molecule has 0 spiro atoms. The lowest BCUT2D eigenvalue weighted by Crippen LogP contribution is -2.45. The van der Waals surface area contributed by atoms with Crippen molar-refractivity contribution in [3.05, 3.63) is 34.4 Å². The third kappa shape index (κ3) is 4.21. The molecule has 0 aromatic heterocycles. The summed E-state index contributed by atoms with van der Waals surface area (Å²) in [6.07, 6.45) is -0.225. The van der Waals surface area contributed by atoms with Gasteiger partial charge in [-0.15, -0.1) is 0 Å². The zero-order chi connectivity index (χ0) is 15.5. The van der Waals surface area contributed by atoms with Gasteiger partial charge in [-0.05, 0) is 13.1 Å². The number of hydrogen-bond acceptors (Lipinski definition) is 6. The van der Waals surface area contributed by atoms with Gasteiger partial charge in [-0.3, -0.25) is 10.1 Å². The molecule has 1 aromatic rings. The van der Waals surface area contributed by atoms with Crippen molar-refractivity contribution in [3.63, 3.8) is 0 Å². The molecule has 0 amide bonds. The number of rotatable bonds is 5. The van der Waals surface area contributed by atoms with Crippen LogP contribution in [0.15, 0.2) is 29.2 Å². The van der Waals surface area contributed by atoms with Gasteiger partial charge in [0, 0.05) is 31.8 Å². The molecule has 1 N–H and O–H groups in total. The van der Waals surface area contributed by atoms with Crippen molar-refractivity contribution in [2.45, 2.75) is 11.0 Å². The van der Waals surface area contributed by atoms with Crippen molar-refractivity contribution in [2.24, 2.45) is 0 Å². The third-order valence-corrected chi connectivity index (χ3v) is 4.60. The Hall–Kier alpha value is -1.55. The standard InChI is InChI=1S/C12H17N3O5S/c1-14-5-6-20-11(9-14)8-13-21(18,19)12-4-2-3-10(7-12)15(16)17/h2-4,7,11,13H,5-6,8-9H2,1H3. The van der Waals surface area contributed by atoms with Gasteiger partial charge in [-0.1, -0.05) is 6.07 Å². The molecular weight excluding hydrogens is 298 g/mol. The van der Waals surface area contributed by atoms with E-state index < -0.39 is 14.9 Å². The zero-order valence-electron chi connectivity index (χ0n) is 11.6. The largest absolute Gasteiger partial charge is 0.374 e. The smallest absolute Gasteiger partial charge is 0.270 e. The minimum atomic E-state index is -3.79. The Bertz CT molecular complexity index is 619. The second-order valence-corrected chi connectivity index (χ2v) is 6.63. The average molecular weight is 315 g/mol. The van der Waals surface area contributed by atoms with Crippen molar-refractivity contribution in [3.8, 4) is 0 Å². The predicted octanol–water partition coefficient (Wildman–Crippen LogP) is 0.204. The second kappa shape index (κ2) is 6.48. The van der Waals surface area contributed by atoms with E-state index >= 15 is 0 Å². The van der Waals surface area contributed by atoms with Gasteiger partial charge in [-0.25, -0.2) is 13.1 Å². The van der Waals surface area contributed by atoms with E-state index in [1.807, 2.05) is 7.05 Å². The first-order chi connectivity index (χ1) is 9.88. The maximum Gasteiger partial charge on any atom is 0.270 e. The highest BCUT2D eigenvalue weighted by Crippen LogP contribution is 2.17. The molecule has 1 aromatic carbocycles. The van der Waals surface area contributed by atoms with E-state index in [9.17, 15) is 18.5 Å². The number of nitro benzene ring substituents is 1. The number of morpholine rings is 1. The summed E-state index contributed by atoms with van der Waals surface area (Å²) in [7, 11) is -1.85. The zero-order valence-corrected chi connectivity index (χ0v) is 12.4. The Morgan fingerprint density at radius 3 is 2.95 bits per heavy atom. The summed E-state index contributed by atoms with van der Waals surface area (Å²) in [5, 5.41) is 10.7. The first-order valence-corrected chi connectivity index (χ1v) is 7.91. The SMILES string of the molecule is CN1CCOC(CNS(=O)(=O)c2cccc([N+](=O)[O-])c2)C1. The van der Waals surface area contributed by atoms with Crippen LogP contribution in [0.4, 0.5) is 5.69 Å². The molecule has 116 valence electrons. The molecular formula is C12H17N3O5S.